The van der Waals surface area contributed by atoms with Crippen molar-refractivity contribution in [3.63, 3.8) is 0 Å². The minimum atomic E-state index is -0.559. The second-order valence-electron chi connectivity index (χ2n) is 7.36. The van der Waals surface area contributed by atoms with E-state index in [9.17, 15) is 9.50 Å². The highest BCUT2D eigenvalue weighted by molar-refractivity contribution is 5.74. The van der Waals surface area contributed by atoms with Gasteiger partial charge in [0.15, 0.2) is 11.5 Å². The maximum absolute atomic E-state index is 13.5. The lowest BCUT2D eigenvalue weighted by Crippen LogP contribution is -2.40. The van der Waals surface area contributed by atoms with Gasteiger partial charge in [-0.25, -0.2) is 4.39 Å². The Kier molecular flexibility index (Phi) is 4.14. The van der Waals surface area contributed by atoms with Crippen molar-refractivity contribution in [1.82, 2.24) is 4.90 Å². The summed E-state index contributed by atoms with van der Waals surface area (Å²) in [6.45, 7) is 2.78. The molecule has 0 radical (unpaired) electrons. The van der Waals surface area contributed by atoms with Gasteiger partial charge in [0.25, 0.3) is 0 Å². The van der Waals surface area contributed by atoms with Crippen LogP contribution in [0.25, 0.3) is 5.57 Å². The number of aliphatic hydroxyl groups excluding tert-OH is 1. The molecule has 3 aliphatic rings. The summed E-state index contributed by atoms with van der Waals surface area (Å²) in [7, 11) is 0. The first-order valence-electron chi connectivity index (χ1n) is 9.49. The van der Waals surface area contributed by atoms with Crippen molar-refractivity contribution >= 4 is 5.57 Å². The highest BCUT2D eigenvalue weighted by Gasteiger charge is 2.36. The van der Waals surface area contributed by atoms with Crippen molar-refractivity contribution in [2.45, 2.75) is 25.0 Å². The minimum absolute atomic E-state index is 0.00358. The molecular weight excluding hydrogens is 345 g/mol. The maximum atomic E-state index is 13.5. The van der Waals surface area contributed by atoms with E-state index >= 15 is 0 Å². The molecule has 5 heteroatoms. The van der Waals surface area contributed by atoms with E-state index in [-0.39, 0.29) is 11.9 Å². The van der Waals surface area contributed by atoms with Crippen molar-refractivity contribution in [2.75, 3.05) is 26.3 Å². The normalized spacial score (nSPS) is 24.4. The number of hydrogen-bond acceptors (Lipinski definition) is 4. The number of ether oxygens (including phenoxy) is 2. The number of benzene rings is 2. The summed E-state index contributed by atoms with van der Waals surface area (Å²) in [4.78, 5) is 2.29. The first kappa shape index (κ1) is 16.8. The molecule has 0 fully saturated rings. The Bertz CT molecular complexity index is 910. The van der Waals surface area contributed by atoms with Crippen LogP contribution in [0.15, 0.2) is 42.5 Å². The molecule has 0 amide bonds. The second-order valence-corrected chi connectivity index (χ2v) is 7.36. The van der Waals surface area contributed by atoms with Crippen molar-refractivity contribution in [3.8, 4) is 11.5 Å². The summed E-state index contributed by atoms with van der Waals surface area (Å²) in [6.07, 6.45) is 3.23. The van der Waals surface area contributed by atoms with Crippen LogP contribution in [0.2, 0.25) is 0 Å². The Morgan fingerprint density at radius 3 is 2.85 bits per heavy atom. The minimum Gasteiger partial charge on any atom is -0.486 e. The number of aliphatic hydroxyl groups is 1. The fourth-order valence-electron chi connectivity index (χ4n) is 4.47. The smallest absolute Gasteiger partial charge is 0.168 e. The highest BCUT2D eigenvalue weighted by atomic mass is 19.1. The second kappa shape index (κ2) is 6.66. The van der Waals surface area contributed by atoms with Crippen LogP contribution in [0.4, 0.5) is 4.39 Å². The Hall–Kier alpha value is -2.37. The molecule has 2 heterocycles. The summed E-state index contributed by atoms with van der Waals surface area (Å²) in [5, 5.41) is 10.7. The molecule has 0 saturated carbocycles. The Balaban J connectivity index is 1.35. The summed E-state index contributed by atoms with van der Waals surface area (Å²) < 4.78 is 25.0. The van der Waals surface area contributed by atoms with E-state index in [4.69, 9.17) is 9.47 Å². The molecule has 2 aromatic carbocycles. The lowest BCUT2D eigenvalue weighted by atomic mass is 9.96. The molecule has 0 saturated heterocycles. The topological polar surface area (TPSA) is 41.9 Å². The van der Waals surface area contributed by atoms with E-state index in [2.05, 4.69) is 17.0 Å². The maximum Gasteiger partial charge on any atom is 0.168 e. The quantitative estimate of drug-likeness (QED) is 0.884. The van der Waals surface area contributed by atoms with Gasteiger partial charge in [-0.2, -0.15) is 0 Å². The van der Waals surface area contributed by atoms with Crippen LogP contribution < -0.4 is 9.47 Å². The molecule has 0 aromatic heterocycles. The van der Waals surface area contributed by atoms with E-state index in [1.807, 2.05) is 12.1 Å². The molecule has 1 aliphatic carbocycles. The number of fused-ring (bicyclic) bond motifs is 2. The van der Waals surface area contributed by atoms with Gasteiger partial charge in [0, 0.05) is 24.7 Å². The third-order valence-electron chi connectivity index (χ3n) is 5.84. The van der Waals surface area contributed by atoms with Gasteiger partial charge in [0.1, 0.15) is 19.0 Å². The van der Waals surface area contributed by atoms with Crippen LogP contribution in [0, 0.1) is 5.82 Å². The molecule has 5 rings (SSSR count). The molecule has 2 aromatic rings. The van der Waals surface area contributed by atoms with E-state index in [0.29, 0.717) is 19.6 Å². The van der Waals surface area contributed by atoms with E-state index < -0.39 is 6.10 Å². The first-order chi connectivity index (χ1) is 13.2. The summed E-state index contributed by atoms with van der Waals surface area (Å²) in [6, 6.07) is 10.7. The summed E-state index contributed by atoms with van der Waals surface area (Å²) in [5.41, 5.74) is 4.14. The SMILES string of the molecule is OC1c2ccc(F)cc2CC1N1CC=C(c2cccc3c2OCCO3)CC1. The fraction of sp³-hybridized carbons (Fsp3) is 0.364. The van der Waals surface area contributed by atoms with Crippen LogP contribution in [-0.4, -0.2) is 42.4 Å². The van der Waals surface area contributed by atoms with E-state index in [1.54, 1.807) is 12.1 Å². The van der Waals surface area contributed by atoms with Gasteiger partial charge >= 0.3 is 0 Å². The van der Waals surface area contributed by atoms with Gasteiger partial charge in [-0.1, -0.05) is 24.3 Å². The Morgan fingerprint density at radius 1 is 1.11 bits per heavy atom. The van der Waals surface area contributed by atoms with Crippen LogP contribution >= 0.6 is 0 Å². The monoisotopic (exact) mass is 367 g/mol. The zero-order chi connectivity index (χ0) is 18.4. The molecule has 140 valence electrons. The van der Waals surface area contributed by atoms with Gasteiger partial charge in [-0.05, 0) is 47.7 Å². The van der Waals surface area contributed by atoms with Gasteiger partial charge in [0.2, 0.25) is 0 Å². The molecule has 4 nitrogen and oxygen atoms in total. The number of para-hydroxylation sites is 1. The molecule has 2 unspecified atom stereocenters. The molecule has 0 bridgehead atoms. The number of nitrogens with zero attached hydrogens (tertiary/aromatic N) is 1. The zero-order valence-corrected chi connectivity index (χ0v) is 15.0. The third-order valence-corrected chi connectivity index (χ3v) is 5.84. The van der Waals surface area contributed by atoms with Crippen LogP contribution in [0.5, 0.6) is 11.5 Å². The molecule has 1 N–H and O–H groups in total. The summed E-state index contributed by atoms with van der Waals surface area (Å²) >= 11 is 0. The zero-order valence-electron chi connectivity index (χ0n) is 15.0. The average molecular weight is 367 g/mol. The molecule has 0 spiro atoms. The largest absolute Gasteiger partial charge is 0.486 e. The number of rotatable bonds is 2. The van der Waals surface area contributed by atoms with Crippen LogP contribution in [-0.2, 0) is 6.42 Å². The molecular formula is C22H22FNO3. The fourth-order valence-corrected chi connectivity index (χ4v) is 4.47. The number of halogens is 1. The standard InChI is InChI=1S/C22H22FNO3/c23-16-4-5-17-15(12-16)13-19(21(17)25)24-8-6-14(7-9-24)18-2-1-3-20-22(18)27-11-10-26-20/h1-6,12,19,21,25H,7-11,13H2. The van der Waals surface area contributed by atoms with E-state index in [1.165, 1.54) is 11.6 Å². The van der Waals surface area contributed by atoms with Crippen molar-refractivity contribution in [1.29, 1.82) is 0 Å². The number of hydrogen-bond donors (Lipinski definition) is 1. The Morgan fingerprint density at radius 2 is 2.00 bits per heavy atom. The molecule has 27 heavy (non-hydrogen) atoms. The van der Waals surface area contributed by atoms with Gasteiger partial charge in [-0.3, -0.25) is 4.90 Å². The van der Waals surface area contributed by atoms with Crippen LogP contribution in [0.3, 0.4) is 0 Å². The van der Waals surface area contributed by atoms with Crippen molar-refractivity contribution in [2.24, 2.45) is 0 Å². The van der Waals surface area contributed by atoms with Gasteiger partial charge in [0.05, 0.1) is 6.10 Å². The highest BCUT2D eigenvalue weighted by Crippen LogP contribution is 2.41. The Labute approximate surface area is 157 Å². The molecule has 2 aliphatic heterocycles. The predicted molar refractivity (Wildman–Crippen MR) is 100 cm³/mol. The van der Waals surface area contributed by atoms with Crippen LogP contribution in [0.1, 0.15) is 29.2 Å². The van der Waals surface area contributed by atoms with Crippen molar-refractivity contribution in [3.05, 3.63) is 65.0 Å². The van der Waals surface area contributed by atoms with E-state index in [0.717, 1.165) is 47.7 Å². The average Bonchev–Trinajstić information content (AvgIpc) is 3.03. The summed E-state index contributed by atoms with van der Waals surface area (Å²) in [5.74, 6) is 1.41. The lowest BCUT2D eigenvalue weighted by molar-refractivity contribution is 0.0669. The molecule has 2 atom stereocenters. The lowest BCUT2D eigenvalue weighted by Gasteiger charge is -2.34. The van der Waals surface area contributed by atoms with Gasteiger partial charge < -0.3 is 14.6 Å². The predicted octanol–water partition coefficient (Wildman–Crippen LogP) is 3.34. The third kappa shape index (κ3) is 2.91. The first-order valence-corrected chi connectivity index (χ1v) is 9.49. The van der Waals surface area contributed by atoms with Gasteiger partial charge in [-0.15, -0.1) is 0 Å². The van der Waals surface area contributed by atoms with Crippen molar-refractivity contribution < 1.29 is 19.0 Å².